The van der Waals surface area contributed by atoms with Crippen molar-refractivity contribution in [1.29, 1.82) is 0 Å². The maximum atomic E-state index is 13.0. The summed E-state index contributed by atoms with van der Waals surface area (Å²) in [6, 6.07) is 9.47. The highest BCUT2D eigenvalue weighted by molar-refractivity contribution is 6.04. The van der Waals surface area contributed by atoms with E-state index < -0.39 is 34.1 Å². The molecule has 0 heterocycles. The average Bonchev–Trinajstić information content (AvgIpc) is 3.18. The fourth-order valence-corrected chi connectivity index (χ4v) is 7.60. The van der Waals surface area contributed by atoms with Crippen molar-refractivity contribution in [2.45, 2.75) is 63.8 Å². The van der Waals surface area contributed by atoms with Gasteiger partial charge >= 0.3 is 5.97 Å². The Morgan fingerprint density at radius 1 is 1.15 bits per heavy atom. The zero-order valence-electron chi connectivity index (χ0n) is 20.2. The number of ether oxygens (including phenoxy) is 1. The predicted octanol–water partition coefficient (Wildman–Crippen LogP) is 2.75. The first-order chi connectivity index (χ1) is 15.9. The van der Waals surface area contributed by atoms with Gasteiger partial charge in [-0.05, 0) is 36.0 Å². The zero-order chi connectivity index (χ0) is 24.7. The topological polar surface area (TPSA) is 104 Å². The van der Waals surface area contributed by atoms with Gasteiger partial charge in [-0.3, -0.25) is 9.59 Å². The molecule has 7 atom stereocenters. The van der Waals surface area contributed by atoms with Gasteiger partial charge < -0.3 is 20.1 Å². The SMILES string of the molecule is CC1=C[C@@H]2[C@]3(O)C(C=C(CO)C[C@]2(O)C1=O)[C@@H]1C(C)(C)[C@]1(OC(=O)Cc1ccccc1)C[C@@H]3C. The van der Waals surface area contributed by atoms with Gasteiger partial charge in [0.15, 0.2) is 5.78 Å². The van der Waals surface area contributed by atoms with Gasteiger partial charge in [-0.25, -0.2) is 0 Å². The van der Waals surface area contributed by atoms with Gasteiger partial charge in [0.2, 0.25) is 0 Å². The second-order valence-corrected chi connectivity index (χ2v) is 11.5. The molecule has 0 bridgehead atoms. The van der Waals surface area contributed by atoms with Crippen molar-refractivity contribution < 1.29 is 29.6 Å². The number of Topliss-reactive ketones (excluding diaryl/α,β-unsaturated/α-hetero) is 1. The standard InChI is InChI=1S/C28H34O6/c1-16-10-21-26(32,24(16)31)14-19(15-29)11-20-23-25(3,4)27(23,13-17(2)28(20,21)33)34-22(30)12-18-8-6-5-7-9-18/h5-11,17,20-21,23,29,32-33H,12-15H2,1-4H3/t17-,20?,21-,23+,26+,27-,28+/m0/s1. The van der Waals surface area contributed by atoms with E-state index in [-0.39, 0.29) is 43.0 Å². The van der Waals surface area contributed by atoms with E-state index >= 15 is 0 Å². The van der Waals surface area contributed by atoms with Crippen molar-refractivity contribution in [1.82, 2.24) is 0 Å². The summed E-state index contributed by atoms with van der Waals surface area (Å²) in [4.78, 5) is 26.0. The largest absolute Gasteiger partial charge is 0.458 e. The molecule has 0 amide bonds. The van der Waals surface area contributed by atoms with Crippen LogP contribution in [0.15, 0.2) is 53.6 Å². The van der Waals surface area contributed by atoms with Crippen LogP contribution < -0.4 is 0 Å². The third-order valence-corrected chi connectivity index (χ3v) is 9.36. The van der Waals surface area contributed by atoms with Gasteiger partial charge in [-0.2, -0.15) is 0 Å². The molecule has 0 aromatic heterocycles. The van der Waals surface area contributed by atoms with Crippen LogP contribution >= 0.6 is 0 Å². The van der Waals surface area contributed by atoms with Crippen LogP contribution in [0.4, 0.5) is 0 Å². The Labute approximate surface area is 200 Å². The zero-order valence-corrected chi connectivity index (χ0v) is 20.2. The lowest BCUT2D eigenvalue weighted by molar-refractivity contribution is -0.186. The molecule has 0 aliphatic heterocycles. The van der Waals surface area contributed by atoms with E-state index in [4.69, 9.17) is 4.74 Å². The summed E-state index contributed by atoms with van der Waals surface area (Å²) in [6.45, 7) is 7.37. The van der Waals surface area contributed by atoms with Crippen molar-refractivity contribution in [2.75, 3.05) is 6.61 Å². The molecule has 0 spiro atoms. The van der Waals surface area contributed by atoms with E-state index in [0.717, 1.165) is 5.56 Å². The Balaban J connectivity index is 1.54. The minimum Gasteiger partial charge on any atom is -0.458 e. The van der Waals surface area contributed by atoms with Crippen LogP contribution in [0.25, 0.3) is 0 Å². The van der Waals surface area contributed by atoms with Crippen LogP contribution in [0, 0.1) is 29.1 Å². The molecule has 0 saturated heterocycles. The van der Waals surface area contributed by atoms with E-state index in [9.17, 15) is 24.9 Å². The number of benzene rings is 1. The molecule has 5 rings (SSSR count). The summed E-state index contributed by atoms with van der Waals surface area (Å²) >= 11 is 0. The smallest absolute Gasteiger partial charge is 0.310 e. The quantitative estimate of drug-likeness (QED) is 0.466. The van der Waals surface area contributed by atoms with Crippen molar-refractivity contribution >= 4 is 11.8 Å². The van der Waals surface area contributed by atoms with Crippen LogP contribution in [0.3, 0.4) is 0 Å². The molecular formula is C28H34O6. The predicted molar refractivity (Wildman–Crippen MR) is 125 cm³/mol. The highest BCUT2D eigenvalue weighted by Gasteiger charge is 2.83. The second kappa shape index (κ2) is 7.36. The van der Waals surface area contributed by atoms with Gasteiger partial charge in [0.25, 0.3) is 0 Å². The van der Waals surface area contributed by atoms with Crippen LogP contribution in [0.1, 0.15) is 46.1 Å². The number of hydrogen-bond donors (Lipinski definition) is 3. The molecule has 6 heteroatoms. The van der Waals surface area contributed by atoms with Crippen LogP contribution in [0.2, 0.25) is 0 Å². The normalized spacial score (nSPS) is 41.9. The number of carbonyl (C=O) groups is 2. The van der Waals surface area contributed by atoms with Gasteiger partial charge in [-0.15, -0.1) is 0 Å². The molecule has 0 radical (unpaired) electrons. The molecule has 1 aromatic rings. The van der Waals surface area contributed by atoms with Gasteiger partial charge in [0.1, 0.15) is 11.2 Å². The van der Waals surface area contributed by atoms with Gasteiger partial charge in [0.05, 0.1) is 18.6 Å². The van der Waals surface area contributed by atoms with E-state index in [1.54, 1.807) is 13.0 Å². The Bertz CT molecular complexity index is 1100. The van der Waals surface area contributed by atoms with Crippen molar-refractivity contribution in [2.24, 2.45) is 29.1 Å². The van der Waals surface area contributed by atoms with E-state index in [0.29, 0.717) is 17.6 Å². The number of aliphatic hydroxyl groups excluding tert-OH is 1. The van der Waals surface area contributed by atoms with Crippen LogP contribution in [-0.4, -0.2) is 50.5 Å². The number of fused-ring (bicyclic) bond motifs is 5. The lowest BCUT2D eigenvalue weighted by Gasteiger charge is -2.50. The summed E-state index contributed by atoms with van der Waals surface area (Å²) in [5, 5.41) is 33.9. The molecule has 4 aliphatic carbocycles. The highest BCUT2D eigenvalue weighted by Crippen LogP contribution is 2.76. The molecule has 1 aromatic carbocycles. The molecule has 182 valence electrons. The first kappa shape index (κ1) is 23.5. The Morgan fingerprint density at radius 3 is 2.47 bits per heavy atom. The summed E-state index contributed by atoms with van der Waals surface area (Å²) in [6.07, 6.45) is 4.16. The first-order valence-corrected chi connectivity index (χ1v) is 12.2. The number of hydrogen-bond acceptors (Lipinski definition) is 6. The van der Waals surface area contributed by atoms with E-state index in [1.807, 2.05) is 43.3 Å². The molecule has 2 fully saturated rings. The Kier molecular flexibility index (Phi) is 5.08. The number of ketones is 1. The Hall–Kier alpha value is -2.28. The lowest BCUT2D eigenvalue weighted by atomic mass is 9.60. The summed E-state index contributed by atoms with van der Waals surface area (Å²) in [5.74, 6) is -2.52. The van der Waals surface area contributed by atoms with Crippen LogP contribution in [0.5, 0.6) is 0 Å². The number of aliphatic hydroxyl groups is 3. The molecule has 6 nitrogen and oxygen atoms in total. The minimum atomic E-state index is -1.78. The third kappa shape index (κ3) is 2.91. The summed E-state index contributed by atoms with van der Waals surface area (Å²) in [5.41, 5.74) is -2.50. The van der Waals surface area contributed by atoms with Gasteiger partial charge in [0, 0.05) is 29.6 Å². The molecule has 1 unspecified atom stereocenters. The summed E-state index contributed by atoms with van der Waals surface area (Å²) in [7, 11) is 0. The molecule has 34 heavy (non-hydrogen) atoms. The van der Waals surface area contributed by atoms with Crippen molar-refractivity contribution in [3.05, 3.63) is 59.2 Å². The number of carbonyl (C=O) groups excluding carboxylic acids is 2. The molecule has 4 aliphatic rings. The van der Waals surface area contributed by atoms with Crippen molar-refractivity contribution in [3.63, 3.8) is 0 Å². The maximum Gasteiger partial charge on any atom is 0.310 e. The highest BCUT2D eigenvalue weighted by atomic mass is 16.6. The molecule has 3 N–H and O–H groups in total. The monoisotopic (exact) mass is 466 g/mol. The molecular weight excluding hydrogens is 432 g/mol. The third-order valence-electron chi connectivity index (χ3n) is 9.36. The summed E-state index contributed by atoms with van der Waals surface area (Å²) < 4.78 is 6.24. The fraction of sp³-hybridized carbons (Fsp3) is 0.571. The maximum absolute atomic E-state index is 13.0. The second-order valence-electron chi connectivity index (χ2n) is 11.5. The van der Waals surface area contributed by atoms with E-state index in [2.05, 4.69) is 13.8 Å². The van der Waals surface area contributed by atoms with Gasteiger partial charge in [-0.1, -0.05) is 63.3 Å². The first-order valence-electron chi connectivity index (χ1n) is 12.2. The fourth-order valence-electron chi connectivity index (χ4n) is 7.60. The average molecular weight is 467 g/mol. The Morgan fingerprint density at radius 2 is 1.82 bits per heavy atom. The number of esters is 1. The van der Waals surface area contributed by atoms with E-state index in [1.165, 1.54) is 0 Å². The minimum absolute atomic E-state index is 0.0136. The van der Waals surface area contributed by atoms with Crippen LogP contribution in [-0.2, 0) is 20.7 Å². The number of rotatable bonds is 4. The molecule has 2 saturated carbocycles. The van der Waals surface area contributed by atoms with Crippen molar-refractivity contribution in [3.8, 4) is 0 Å². The lowest BCUT2D eigenvalue weighted by Crippen LogP contribution is -2.61.